The summed E-state index contributed by atoms with van der Waals surface area (Å²) in [6, 6.07) is 8.37. The Balaban J connectivity index is 2.17. The quantitative estimate of drug-likeness (QED) is 0.343. The van der Waals surface area contributed by atoms with Gasteiger partial charge in [-0.1, -0.05) is 17.7 Å². The van der Waals surface area contributed by atoms with E-state index in [1.54, 1.807) is 18.2 Å². The Bertz CT molecular complexity index is 1100. The van der Waals surface area contributed by atoms with E-state index in [2.05, 4.69) is 0 Å². The number of hydrogen-bond donors (Lipinski definition) is 2. The van der Waals surface area contributed by atoms with Gasteiger partial charge in [0.15, 0.2) is 11.5 Å². The number of carbonyl (C=O) groups excluding carboxylic acids is 2. The Labute approximate surface area is 197 Å². The summed E-state index contributed by atoms with van der Waals surface area (Å²) in [7, 11) is 6.72. The monoisotopic (exact) mass is 474 g/mol. The van der Waals surface area contributed by atoms with Gasteiger partial charge in [0.2, 0.25) is 0 Å². The molecule has 1 saturated heterocycles. The predicted octanol–water partition coefficient (Wildman–Crippen LogP) is 3.44. The van der Waals surface area contributed by atoms with Crippen molar-refractivity contribution in [3.63, 3.8) is 0 Å². The second kappa shape index (κ2) is 10.1. The van der Waals surface area contributed by atoms with Gasteiger partial charge in [-0.3, -0.25) is 9.59 Å². The summed E-state index contributed by atoms with van der Waals surface area (Å²) in [5.74, 6) is -1.42. The highest BCUT2D eigenvalue weighted by molar-refractivity contribution is 6.47. The second-order valence-electron chi connectivity index (χ2n) is 7.93. The van der Waals surface area contributed by atoms with Gasteiger partial charge in [-0.25, -0.2) is 0 Å². The van der Waals surface area contributed by atoms with E-state index in [4.69, 9.17) is 21.1 Å². The van der Waals surface area contributed by atoms with Crippen LogP contribution in [0.15, 0.2) is 42.0 Å². The van der Waals surface area contributed by atoms with Crippen LogP contribution < -0.4 is 9.47 Å². The standard InChI is InChI=1S/C24H27ClN2O6/c1-26(2)10-5-11-27-21(14-6-9-19(33-4)18(28)12-14)20(23(30)24(27)31)22(29)16-13-15(32-3)7-8-17(16)25/h6-9,12-13,21,28-29H,5,10-11H2,1-4H3/b22-20+. The van der Waals surface area contributed by atoms with Gasteiger partial charge in [0, 0.05) is 12.1 Å². The van der Waals surface area contributed by atoms with Crippen LogP contribution in [0.4, 0.5) is 0 Å². The molecule has 2 N–H and O–H groups in total. The Morgan fingerprint density at radius 1 is 1.12 bits per heavy atom. The zero-order valence-corrected chi connectivity index (χ0v) is 19.7. The highest BCUT2D eigenvalue weighted by atomic mass is 35.5. The fraction of sp³-hybridized carbons (Fsp3) is 0.333. The van der Waals surface area contributed by atoms with E-state index in [1.165, 1.54) is 37.3 Å². The van der Waals surface area contributed by atoms with Crippen molar-refractivity contribution >= 4 is 29.1 Å². The van der Waals surface area contributed by atoms with Gasteiger partial charge in [0.25, 0.3) is 11.7 Å². The van der Waals surface area contributed by atoms with Crippen molar-refractivity contribution in [3.05, 3.63) is 58.1 Å². The average molecular weight is 475 g/mol. The van der Waals surface area contributed by atoms with E-state index in [-0.39, 0.29) is 34.2 Å². The van der Waals surface area contributed by atoms with Crippen LogP contribution in [-0.4, -0.2) is 73.1 Å². The molecule has 1 aliphatic rings. The molecule has 33 heavy (non-hydrogen) atoms. The summed E-state index contributed by atoms with van der Waals surface area (Å²) in [4.78, 5) is 29.5. The van der Waals surface area contributed by atoms with Crippen LogP contribution in [0.2, 0.25) is 5.02 Å². The van der Waals surface area contributed by atoms with Crippen molar-refractivity contribution in [1.82, 2.24) is 9.80 Å². The number of benzene rings is 2. The summed E-state index contributed by atoms with van der Waals surface area (Å²) >= 11 is 6.30. The number of hydrogen-bond acceptors (Lipinski definition) is 7. The van der Waals surface area contributed by atoms with E-state index in [9.17, 15) is 19.8 Å². The number of aliphatic hydroxyl groups is 1. The van der Waals surface area contributed by atoms with Gasteiger partial charge < -0.3 is 29.5 Å². The lowest BCUT2D eigenvalue weighted by Gasteiger charge is -2.26. The molecule has 1 fully saturated rings. The maximum Gasteiger partial charge on any atom is 0.295 e. The first kappa shape index (κ1) is 24.4. The molecule has 1 amide bonds. The number of ketones is 1. The highest BCUT2D eigenvalue weighted by Crippen LogP contribution is 2.43. The third-order valence-corrected chi connectivity index (χ3v) is 5.82. The number of carbonyl (C=O) groups is 2. The Hall–Kier alpha value is -3.23. The van der Waals surface area contributed by atoms with Gasteiger partial charge in [-0.05, 0) is 63.0 Å². The molecule has 9 heteroatoms. The molecule has 176 valence electrons. The summed E-state index contributed by atoms with van der Waals surface area (Å²) in [6.45, 7) is 0.980. The minimum absolute atomic E-state index is 0.107. The minimum atomic E-state index is -0.911. The molecule has 1 aliphatic heterocycles. The summed E-state index contributed by atoms with van der Waals surface area (Å²) < 4.78 is 10.3. The van der Waals surface area contributed by atoms with Crippen molar-refractivity contribution < 1.29 is 29.3 Å². The second-order valence-corrected chi connectivity index (χ2v) is 8.33. The number of likely N-dealkylation sites (tertiary alicyclic amines) is 1. The number of amides is 1. The van der Waals surface area contributed by atoms with Gasteiger partial charge >= 0.3 is 0 Å². The molecular weight excluding hydrogens is 448 g/mol. The lowest BCUT2D eigenvalue weighted by Crippen LogP contribution is -2.32. The molecule has 2 aromatic rings. The third-order valence-electron chi connectivity index (χ3n) is 5.49. The Kier molecular flexibility index (Phi) is 7.50. The van der Waals surface area contributed by atoms with Crippen LogP contribution in [0.1, 0.15) is 23.6 Å². The molecule has 1 heterocycles. The topological polar surface area (TPSA) is 99.5 Å². The van der Waals surface area contributed by atoms with E-state index in [0.717, 1.165) is 0 Å². The Morgan fingerprint density at radius 3 is 2.45 bits per heavy atom. The molecule has 2 aromatic carbocycles. The normalized spacial score (nSPS) is 17.6. The fourth-order valence-electron chi connectivity index (χ4n) is 3.85. The smallest absolute Gasteiger partial charge is 0.295 e. The number of rotatable bonds is 8. The fourth-order valence-corrected chi connectivity index (χ4v) is 4.06. The SMILES string of the molecule is COc1ccc(Cl)c(/C(O)=C2\C(=O)C(=O)N(CCCN(C)C)C2c2ccc(OC)c(O)c2)c1. The van der Waals surface area contributed by atoms with Gasteiger partial charge in [0.1, 0.15) is 11.5 Å². The van der Waals surface area contributed by atoms with Crippen LogP contribution >= 0.6 is 11.6 Å². The third kappa shape index (κ3) is 4.91. The van der Waals surface area contributed by atoms with Gasteiger partial charge in [-0.2, -0.15) is 0 Å². The molecule has 0 aromatic heterocycles. The van der Waals surface area contributed by atoms with Crippen LogP contribution in [0.3, 0.4) is 0 Å². The first-order valence-corrected chi connectivity index (χ1v) is 10.7. The molecule has 0 spiro atoms. The lowest BCUT2D eigenvalue weighted by molar-refractivity contribution is -0.139. The number of nitrogens with zero attached hydrogens (tertiary/aromatic N) is 2. The molecule has 8 nitrogen and oxygen atoms in total. The maximum atomic E-state index is 13.1. The maximum absolute atomic E-state index is 13.1. The molecule has 0 aliphatic carbocycles. The van der Waals surface area contributed by atoms with E-state index in [0.29, 0.717) is 24.3 Å². The molecule has 1 atom stereocenters. The number of aromatic hydroxyl groups is 1. The summed E-state index contributed by atoms with van der Waals surface area (Å²) in [6.07, 6.45) is 0.610. The van der Waals surface area contributed by atoms with E-state index >= 15 is 0 Å². The van der Waals surface area contributed by atoms with Crippen LogP contribution in [0.25, 0.3) is 5.76 Å². The van der Waals surface area contributed by atoms with E-state index in [1.807, 2.05) is 19.0 Å². The van der Waals surface area contributed by atoms with Crippen LogP contribution in [0, 0.1) is 0 Å². The number of Topliss-reactive ketones (excluding diaryl/α,β-unsaturated/α-hetero) is 1. The average Bonchev–Trinajstić information content (AvgIpc) is 3.03. The molecule has 0 bridgehead atoms. The van der Waals surface area contributed by atoms with Gasteiger partial charge in [-0.15, -0.1) is 0 Å². The number of phenolic OH excluding ortho intramolecular Hbond substituents is 1. The van der Waals surface area contributed by atoms with Crippen LogP contribution in [-0.2, 0) is 9.59 Å². The minimum Gasteiger partial charge on any atom is -0.507 e. The van der Waals surface area contributed by atoms with Crippen LogP contribution in [0.5, 0.6) is 17.2 Å². The molecular formula is C24H27ClN2O6. The number of aliphatic hydroxyl groups excluding tert-OH is 1. The zero-order chi connectivity index (χ0) is 24.3. The number of phenols is 1. The molecule has 0 radical (unpaired) electrons. The first-order valence-electron chi connectivity index (χ1n) is 10.3. The molecule has 0 saturated carbocycles. The van der Waals surface area contributed by atoms with Crippen molar-refractivity contribution in [1.29, 1.82) is 0 Å². The first-order chi connectivity index (χ1) is 15.7. The number of halogens is 1. The lowest BCUT2D eigenvalue weighted by atomic mass is 9.94. The number of methoxy groups -OCH3 is 2. The van der Waals surface area contributed by atoms with Crippen molar-refractivity contribution in [2.75, 3.05) is 41.4 Å². The summed E-state index contributed by atoms with van der Waals surface area (Å²) in [5, 5.41) is 21.7. The van der Waals surface area contributed by atoms with Crippen molar-refractivity contribution in [3.8, 4) is 17.2 Å². The summed E-state index contributed by atoms with van der Waals surface area (Å²) in [5.41, 5.74) is 0.521. The van der Waals surface area contributed by atoms with E-state index < -0.39 is 23.5 Å². The largest absolute Gasteiger partial charge is 0.507 e. The van der Waals surface area contributed by atoms with Crippen molar-refractivity contribution in [2.24, 2.45) is 0 Å². The zero-order valence-electron chi connectivity index (χ0n) is 19.0. The highest BCUT2D eigenvalue weighted by Gasteiger charge is 2.46. The van der Waals surface area contributed by atoms with Crippen molar-refractivity contribution in [2.45, 2.75) is 12.5 Å². The van der Waals surface area contributed by atoms with Gasteiger partial charge in [0.05, 0.1) is 30.9 Å². The number of ether oxygens (including phenoxy) is 2. The molecule has 3 rings (SSSR count). The molecule has 1 unspecified atom stereocenters. The predicted molar refractivity (Wildman–Crippen MR) is 125 cm³/mol. The Morgan fingerprint density at radius 2 is 1.85 bits per heavy atom.